The monoisotopic (exact) mass is 285 g/mol. The van der Waals surface area contributed by atoms with Gasteiger partial charge in [0.15, 0.2) is 0 Å². The molecule has 21 heavy (non-hydrogen) atoms. The van der Waals surface area contributed by atoms with Gasteiger partial charge in [0.1, 0.15) is 0 Å². The second-order valence-corrected chi connectivity index (χ2v) is 5.26. The Kier molecular flexibility index (Phi) is 5.93. The van der Waals surface area contributed by atoms with Gasteiger partial charge in [-0.15, -0.1) is 0 Å². The van der Waals surface area contributed by atoms with Crippen LogP contribution in [0.3, 0.4) is 0 Å². The second kappa shape index (κ2) is 7.93. The molecule has 0 aliphatic carbocycles. The maximum Gasteiger partial charge on any atom is 0.0917 e. The Balaban J connectivity index is 2.00. The first-order valence-electron chi connectivity index (χ1n) is 7.35. The van der Waals surface area contributed by atoms with Crippen LogP contribution < -0.4 is 5.32 Å². The molecular weight excluding hydrogens is 262 g/mol. The standard InChI is InChI=1S/C18H23NO2/c1-14-7-5-6-10-16(14)18(21)13-19-17(11-12-20)15-8-3-2-4-9-15/h2-10,17-21H,11-13H2,1H3. The predicted octanol–water partition coefficient (Wildman–Crippen LogP) is 2.74. The van der Waals surface area contributed by atoms with Gasteiger partial charge >= 0.3 is 0 Å². The summed E-state index contributed by atoms with van der Waals surface area (Å²) in [5, 5.41) is 22.9. The Bertz CT molecular complexity index is 542. The third-order valence-corrected chi connectivity index (χ3v) is 3.72. The van der Waals surface area contributed by atoms with Crippen LogP contribution in [0.5, 0.6) is 0 Å². The molecule has 0 aromatic heterocycles. The molecule has 2 atom stereocenters. The van der Waals surface area contributed by atoms with Crippen molar-refractivity contribution < 1.29 is 10.2 Å². The van der Waals surface area contributed by atoms with Crippen LogP contribution in [-0.2, 0) is 0 Å². The summed E-state index contributed by atoms with van der Waals surface area (Å²) in [6.07, 6.45) is 0.0842. The molecule has 0 heterocycles. The van der Waals surface area contributed by atoms with Gasteiger partial charge in [0.2, 0.25) is 0 Å². The maximum absolute atomic E-state index is 10.3. The van der Waals surface area contributed by atoms with E-state index in [2.05, 4.69) is 5.32 Å². The molecule has 0 amide bonds. The highest BCUT2D eigenvalue weighted by atomic mass is 16.3. The third kappa shape index (κ3) is 4.39. The summed E-state index contributed by atoms with van der Waals surface area (Å²) < 4.78 is 0. The normalized spacial score (nSPS) is 13.9. The van der Waals surface area contributed by atoms with Gasteiger partial charge in [-0.05, 0) is 30.0 Å². The molecule has 112 valence electrons. The van der Waals surface area contributed by atoms with Crippen LogP contribution in [0.25, 0.3) is 0 Å². The van der Waals surface area contributed by atoms with E-state index in [0.29, 0.717) is 13.0 Å². The van der Waals surface area contributed by atoms with Crippen molar-refractivity contribution in [2.45, 2.75) is 25.5 Å². The minimum Gasteiger partial charge on any atom is -0.396 e. The lowest BCUT2D eigenvalue weighted by atomic mass is 10.0. The number of aryl methyl sites for hydroxylation is 1. The predicted molar refractivity (Wildman–Crippen MR) is 85.0 cm³/mol. The maximum atomic E-state index is 10.3. The summed E-state index contributed by atoms with van der Waals surface area (Å²) >= 11 is 0. The lowest BCUT2D eigenvalue weighted by Crippen LogP contribution is -2.27. The Morgan fingerprint density at radius 3 is 2.33 bits per heavy atom. The fourth-order valence-electron chi connectivity index (χ4n) is 2.53. The Labute approximate surface area is 126 Å². The van der Waals surface area contributed by atoms with Crippen molar-refractivity contribution in [3.8, 4) is 0 Å². The molecule has 0 radical (unpaired) electrons. The van der Waals surface area contributed by atoms with E-state index >= 15 is 0 Å². The van der Waals surface area contributed by atoms with Crippen LogP contribution in [0.15, 0.2) is 54.6 Å². The van der Waals surface area contributed by atoms with Gasteiger partial charge in [0.05, 0.1) is 6.10 Å². The number of aliphatic hydroxyl groups is 2. The van der Waals surface area contributed by atoms with E-state index in [9.17, 15) is 10.2 Å². The van der Waals surface area contributed by atoms with Gasteiger partial charge in [-0.2, -0.15) is 0 Å². The molecule has 3 heteroatoms. The van der Waals surface area contributed by atoms with Crippen LogP contribution >= 0.6 is 0 Å². The topological polar surface area (TPSA) is 52.5 Å². The average molecular weight is 285 g/mol. The molecule has 0 saturated carbocycles. The first kappa shape index (κ1) is 15.7. The average Bonchev–Trinajstić information content (AvgIpc) is 2.52. The van der Waals surface area contributed by atoms with Crippen molar-refractivity contribution in [2.75, 3.05) is 13.2 Å². The molecule has 0 aliphatic heterocycles. The smallest absolute Gasteiger partial charge is 0.0917 e. The van der Waals surface area contributed by atoms with E-state index in [0.717, 1.165) is 16.7 Å². The Hall–Kier alpha value is -1.68. The summed E-state index contributed by atoms with van der Waals surface area (Å²) in [6, 6.07) is 17.9. The molecule has 3 N–H and O–H groups in total. The SMILES string of the molecule is Cc1ccccc1C(O)CNC(CCO)c1ccccc1. The van der Waals surface area contributed by atoms with Crippen LogP contribution in [-0.4, -0.2) is 23.4 Å². The summed E-state index contributed by atoms with van der Waals surface area (Å²) in [6.45, 7) is 2.58. The minimum atomic E-state index is -0.545. The first-order chi connectivity index (χ1) is 10.2. The van der Waals surface area contributed by atoms with Crippen LogP contribution in [0, 0.1) is 6.92 Å². The lowest BCUT2D eigenvalue weighted by molar-refractivity contribution is 0.165. The first-order valence-corrected chi connectivity index (χ1v) is 7.35. The van der Waals surface area contributed by atoms with E-state index in [1.54, 1.807) is 0 Å². The van der Waals surface area contributed by atoms with Gasteiger partial charge in [0.25, 0.3) is 0 Å². The van der Waals surface area contributed by atoms with Gasteiger partial charge in [0, 0.05) is 19.2 Å². The Morgan fingerprint density at radius 1 is 1.00 bits per heavy atom. The molecule has 2 unspecified atom stereocenters. The second-order valence-electron chi connectivity index (χ2n) is 5.26. The summed E-state index contributed by atoms with van der Waals surface area (Å²) in [7, 11) is 0. The fraction of sp³-hybridized carbons (Fsp3) is 0.333. The molecule has 0 fully saturated rings. The van der Waals surface area contributed by atoms with Gasteiger partial charge in [-0.25, -0.2) is 0 Å². The largest absolute Gasteiger partial charge is 0.396 e. The van der Waals surface area contributed by atoms with Crippen LogP contribution in [0.1, 0.15) is 35.3 Å². The van der Waals surface area contributed by atoms with E-state index in [4.69, 9.17) is 0 Å². The Morgan fingerprint density at radius 2 is 1.67 bits per heavy atom. The molecule has 2 aromatic carbocycles. The third-order valence-electron chi connectivity index (χ3n) is 3.72. The number of nitrogens with one attached hydrogen (secondary N) is 1. The van der Waals surface area contributed by atoms with Crippen LogP contribution in [0.4, 0.5) is 0 Å². The zero-order valence-electron chi connectivity index (χ0n) is 12.4. The molecule has 2 rings (SSSR count). The summed E-state index contributed by atoms with van der Waals surface area (Å²) in [4.78, 5) is 0. The number of benzene rings is 2. The van der Waals surface area contributed by atoms with Crippen molar-refractivity contribution in [1.82, 2.24) is 5.32 Å². The molecule has 0 bridgehead atoms. The molecule has 0 saturated heterocycles. The van der Waals surface area contributed by atoms with Gasteiger partial charge < -0.3 is 15.5 Å². The number of aliphatic hydroxyl groups excluding tert-OH is 2. The number of rotatable bonds is 7. The fourth-order valence-corrected chi connectivity index (χ4v) is 2.53. The van der Waals surface area contributed by atoms with Crippen LogP contribution in [0.2, 0.25) is 0 Å². The molecule has 2 aromatic rings. The lowest BCUT2D eigenvalue weighted by Gasteiger charge is -2.21. The molecule has 0 spiro atoms. The molecule has 3 nitrogen and oxygen atoms in total. The quantitative estimate of drug-likeness (QED) is 0.733. The number of hydrogen-bond donors (Lipinski definition) is 3. The number of hydrogen-bond acceptors (Lipinski definition) is 3. The zero-order chi connectivity index (χ0) is 15.1. The molecular formula is C18H23NO2. The highest BCUT2D eigenvalue weighted by Crippen LogP contribution is 2.20. The highest BCUT2D eigenvalue weighted by Gasteiger charge is 2.14. The van der Waals surface area contributed by atoms with Crippen molar-refractivity contribution in [1.29, 1.82) is 0 Å². The van der Waals surface area contributed by atoms with E-state index in [-0.39, 0.29) is 12.6 Å². The van der Waals surface area contributed by atoms with Gasteiger partial charge in [-0.1, -0.05) is 54.6 Å². The van der Waals surface area contributed by atoms with E-state index in [1.165, 1.54) is 0 Å². The van der Waals surface area contributed by atoms with Gasteiger partial charge in [-0.3, -0.25) is 0 Å². The van der Waals surface area contributed by atoms with Crippen molar-refractivity contribution in [3.63, 3.8) is 0 Å². The summed E-state index contributed by atoms with van der Waals surface area (Å²) in [5.74, 6) is 0. The van der Waals surface area contributed by atoms with E-state index < -0.39 is 6.10 Å². The van der Waals surface area contributed by atoms with Crippen molar-refractivity contribution in [2.24, 2.45) is 0 Å². The van der Waals surface area contributed by atoms with Crippen molar-refractivity contribution in [3.05, 3.63) is 71.3 Å². The highest BCUT2D eigenvalue weighted by molar-refractivity contribution is 5.28. The minimum absolute atomic E-state index is 0.0508. The zero-order valence-corrected chi connectivity index (χ0v) is 12.4. The molecule has 0 aliphatic rings. The summed E-state index contributed by atoms with van der Waals surface area (Å²) in [5.41, 5.74) is 3.16. The van der Waals surface area contributed by atoms with E-state index in [1.807, 2.05) is 61.5 Å². The van der Waals surface area contributed by atoms with Crippen molar-refractivity contribution >= 4 is 0 Å².